The number of hydrogen-bond acceptors (Lipinski definition) is 5. The molecule has 0 aromatic heterocycles. The molecule has 36 heavy (non-hydrogen) atoms. The number of ether oxygens (including phenoxy) is 1. The number of fused-ring (bicyclic) bond motifs is 3. The standard InChI is InChI=1S/C28H17Cl2NO5/c29-18-11-6-12-19(23(18)30)31-26(34)21-20(14-13-15-7-2-1-3-8-15)36-28(22(21)27(31)35)24(32)16-9-4-5-10-17(16)25(28)33/h1-14,20-22H/b14-13+/t20-,21+,22-/m0/s1. The third kappa shape index (κ3) is 3.02. The monoisotopic (exact) mass is 517 g/mol. The molecule has 3 atom stereocenters. The molecule has 8 heteroatoms. The average molecular weight is 518 g/mol. The molecule has 2 aliphatic heterocycles. The number of nitrogens with zero attached hydrogens (tertiary/aromatic N) is 1. The first-order chi connectivity index (χ1) is 17.4. The minimum atomic E-state index is -2.13. The second-order valence-electron chi connectivity index (χ2n) is 8.88. The van der Waals surface area contributed by atoms with Gasteiger partial charge in [-0.05, 0) is 17.7 Å². The van der Waals surface area contributed by atoms with E-state index >= 15 is 0 Å². The normalized spacial score (nSPS) is 24.3. The molecule has 0 radical (unpaired) electrons. The SMILES string of the molecule is O=C1[C@@H]2[C@H](/C=C/c3ccccc3)OC3(C(=O)c4ccccc4C3=O)[C@@H]2C(=O)N1c1cccc(Cl)c1Cl. The van der Waals surface area contributed by atoms with E-state index in [2.05, 4.69) is 0 Å². The molecule has 2 amide bonds. The predicted octanol–water partition coefficient (Wildman–Crippen LogP) is 5.03. The van der Waals surface area contributed by atoms with Gasteiger partial charge in [0.25, 0.3) is 0 Å². The largest absolute Gasteiger partial charge is 0.350 e. The molecule has 1 spiro atoms. The number of imide groups is 1. The third-order valence-electron chi connectivity index (χ3n) is 7.01. The van der Waals surface area contributed by atoms with Gasteiger partial charge in [-0.1, -0.05) is 96.0 Å². The van der Waals surface area contributed by atoms with Crippen LogP contribution in [0.1, 0.15) is 26.3 Å². The summed E-state index contributed by atoms with van der Waals surface area (Å²) in [7, 11) is 0. The number of amides is 2. The summed E-state index contributed by atoms with van der Waals surface area (Å²) in [6, 6.07) is 20.2. The van der Waals surface area contributed by atoms with Crippen molar-refractivity contribution in [2.24, 2.45) is 11.8 Å². The van der Waals surface area contributed by atoms with Crippen molar-refractivity contribution in [2.75, 3.05) is 4.90 Å². The molecule has 0 N–H and O–H groups in total. The quantitative estimate of drug-likeness (QED) is 0.359. The highest BCUT2D eigenvalue weighted by atomic mass is 35.5. The van der Waals surface area contributed by atoms with Gasteiger partial charge in [0.15, 0.2) is 0 Å². The molecule has 1 aliphatic carbocycles. The van der Waals surface area contributed by atoms with Crippen molar-refractivity contribution in [2.45, 2.75) is 11.7 Å². The van der Waals surface area contributed by atoms with E-state index in [9.17, 15) is 19.2 Å². The van der Waals surface area contributed by atoms with Gasteiger partial charge in [0.1, 0.15) is 0 Å². The van der Waals surface area contributed by atoms with E-state index in [4.69, 9.17) is 27.9 Å². The summed E-state index contributed by atoms with van der Waals surface area (Å²) in [5.41, 5.74) is -0.851. The van der Waals surface area contributed by atoms with Crippen LogP contribution >= 0.6 is 23.2 Å². The lowest BCUT2D eigenvalue weighted by molar-refractivity contribution is -0.126. The molecule has 3 aromatic carbocycles. The molecule has 0 saturated carbocycles. The first kappa shape index (κ1) is 22.9. The molecule has 0 bridgehead atoms. The van der Waals surface area contributed by atoms with E-state index in [0.717, 1.165) is 10.5 Å². The first-order valence-electron chi connectivity index (χ1n) is 11.3. The Morgan fingerprint density at radius 3 is 2.08 bits per heavy atom. The maximum atomic E-state index is 13.9. The molecule has 6 nitrogen and oxygen atoms in total. The lowest BCUT2D eigenvalue weighted by Crippen LogP contribution is -2.51. The zero-order valence-corrected chi connectivity index (χ0v) is 20.1. The van der Waals surface area contributed by atoms with E-state index in [1.165, 1.54) is 24.3 Å². The van der Waals surface area contributed by atoms with Gasteiger partial charge >= 0.3 is 0 Å². The van der Waals surface area contributed by atoms with E-state index in [1.54, 1.807) is 30.4 Å². The molecule has 178 valence electrons. The number of carbonyl (C=O) groups is 4. The molecule has 3 aromatic rings. The highest BCUT2D eigenvalue weighted by Crippen LogP contribution is 2.54. The number of hydrogen-bond donors (Lipinski definition) is 0. The minimum absolute atomic E-state index is 0.0274. The Morgan fingerprint density at radius 2 is 1.42 bits per heavy atom. The van der Waals surface area contributed by atoms with Gasteiger partial charge in [-0.2, -0.15) is 0 Å². The number of anilines is 1. The van der Waals surface area contributed by atoms with E-state index in [0.29, 0.717) is 0 Å². The van der Waals surface area contributed by atoms with Crippen LogP contribution in [0, 0.1) is 11.8 Å². The van der Waals surface area contributed by atoms with Crippen LogP contribution in [0.2, 0.25) is 10.0 Å². The summed E-state index contributed by atoms with van der Waals surface area (Å²) in [5, 5.41) is 0.193. The fourth-order valence-electron chi connectivity index (χ4n) is 5.41. The number of halogens is 2. The predicted molar refractivity (Wildman–Crippen MR) is 134 cm³/mol. The van der Waals surface area contributed by atoms with Crippen LogP contribution in [0.4, 0.5) is 5.69 Å². The van der Waals surface area contributed by atoms with Crippen LogP contribution in [0.15, 0.2) is 78.9 Å². The van der Waals surface area contributed by atoms with Crippen LogP contribution in [0.25, 0.3) is 6.08 Å². The van der Waals surface area contributed by atoms with E-state index in [1.807, 2.05) is 30.3 Å². The Labute approximate surface area is 216 Å². The van der Waals surface area contributed by atoms with Crippen molar-refractivity contribution in [3.8, 4) is 0 Å². The van der Waals surface area contributed by atoms with Crippen LogP contribution in [-0.4, -0.2) is 35.1 Å². The van der Waals surface area contributed by atoms with Gasteiger partial charge in [-0.15, -0.1) is 0 Å². The van der Waals surface area contributed by atoms with Crippen LogP contribution in [0.3, 0.4) is 0 Å². The molecule has 2 fully saturated rings. The maximum Gasteiger partial charge on any atom is 0.241 e. The zero-order chi connectivity index (χ0) is 25.2. The number of carbonyl (C=O) groups excluding carboxylic acids is 4. The van der Waals surface area contributed by atoms with Gasteiger partial charge in [-0.25, -0.2) is 4.90 Å². The zero-order valence-electron chi connectivity index (χ0n) is 18.6. The van der Waals surface area contributed by atoms with Crippen LogP contribution < -0.4 is 4.90 Å². The lowest BCUT2D eigenvalue weighted by atomic mass is 9.78. The van der Waals surface area contributed by atoms with Crippen molar-refractivity contribution in [1.82, 2.24) is 0 Å². The molecule has 2 heterocycles. The Hall–Kier alpha value is -3.58. The van der Waals surface area contributed by atoms with Crippen molar-refractivity contribution >= 4 is 58.3 Å². The molecular formula is C28H17Cl2NO5. The van der Waals surface area contributed by atoms with Crippen molar-refractivity contribution < 1.29 is 23.9 Å². The second-order valence-corrected chi connectivity index (χ2v) is 9.67. The van der Waals surface area contributed by atoms with Gasteiger partial charge in [0.05, 0.1) is 33.7 Å². The van der Waals surface area contributed by atoms with Gasteiger partial charge in [-0.3, -0.25) is 19.2 Å². The molecule has 2 saturated heterocycles. The molecule has 6 rings (SSSR count). The summed E-state index contributed by atoms with van der Waals surface area (Å²) >= 11 is 12.5. The Kier molecular flexibility index (Phi) is 5.23. The molecule has 0 unspecified atom stereocenters. The van der Waals surface area contributed by atoms with Gasteiger partial charge < -0.3 is 4.74 Å². The number of benzene rings is 3. The van der Waals surface area contributed by atoms with Gasteiger partial charge in [0, 0.05) is 11.1 Å². The highest BCUT2D eigenvalue weighted by Gasteiger charge is 2.74. The Morgan fingerprint density at radius 1 is 0.778 bits per heavy atom. The van der Waals surface area contributed by atoms with Crippen molar-refractivity contribution in [3.63, 3.8) is 0 Å². The molecule has 3 aliphatic rings. The fraction of sp³-hybridized carbons (Fsp3) is 0.143. The summed E-state index contributed by atoms with van der Waals surface area (Å²) < 4.78 is 6.17. The number of Topliss-reactive ketones (excluding diaryl/α,β-unsaturated/α-hetero) is 2. The van der Waals surface area contributed by atoms with E-state index < -0.39 is 46.9 Å². The van der Waals surface area contributed by atoms with E-state index in [-0.39, 0.29) is 26.9 Å². The van der Waals surface area contributed by atoms with Gasteiger partial charge in [0.2, 0.25) is 29.0 Å². The fourth-order valence-corrected chi connectivity index (χ4v) is 5.79. The summed E-state index contributed by atoms with van der Waals surface area (Å²) in [6.45, 7) is 0. The average Bonchev–Trinajstić information content (AvgIpc) is 3.45. The highest BCUT2D eigenvalue weighted by molar-refractivity contribution is 6.45. The summed E-state index contributed by atoms with van der Waals surface area (Å²) in [4.78, 5) is 56.0. The Balaban J connectivity index is 1.50. The second kappa shape index (κ2) is 8.23. The lowest BCUT2D eigenvalue weighted by Gasteiger charge is -2.27. The number of ketones is 2. The summed E-state index contributed by atoms with van der Waals surface area (Å²) in [5.74, 6) is -5.01. The Bertz CT molecular complexity index is 1460. The van der Waals surface area contributed by atoms with Crippen molar-refractivity contribution in [3.05, 3.63) is 106 Å². The minimum Gasteiger partial charge on any atom is -0.350 e. The first-order valence-corrected chi connectivity index (χ1v) is 12.0. The molecular weight excluding hydrogens is 501 g/mol. The maximum absolute atomic E-state index is 13.9. The number of rotatable bonds is 3. The van der Waals surface area contributed by atoms with Crippen LogP contribution in [0.5, 0.6) is 0 Å². The van der Waals surface area contributed by atoms with Crippen LogP contribution in [-0.2, 0) is 14.3 Å². The smallest absolute Gasteiger partial charge is 0.241 e. The third-order valence-corrected chi connectivity index (χ3v) is 7.81. The summed E-state index contributed by atoms with van der Waals surface area (Å²) in [6.07, 6.45) is 2.36. The van der Waals surface area contributed by atoms with Crippen molar-refractivity contribution in [1.29, 1.82) is 0 Å². The topological polar surface area (TPSA) is 80.8 Å².